The van der Waals surface area contributed by atoms with Crippen LogP contribution in [0.3, 0.4) is 0 Å². The van der Waals surface area contributed by atoms with Crippen molar-refractivity contribution in [3.63, 3.8) is 0 Å². The minimum atomic E-state index is -5.60. The topological polar surface area (TPSA) is 0 Å². The van der Waals surface area contributed by atoms with Crippen LogP contribution in [0.15, 0.2) is 18.2 Å². The normalized spacial score (nSPS) is 11.8. The quantitative estimate of drug-likeness (QED) is 0.459. The molecule has 0 atom stereocenters. The number of hydrogen-bond acceptors (Lipinski definition) is 0. The summed E-state index contributed by atoms with van der Waals surface area (Å²) in [6, 6.07) is 2.04. The van der Waals surface area contributed by atoms with Crippen LogP contribution in [0.4, 0.5) is 21.7 Å². The standard InChI is InChI=1S/C6H3BF5/c8-4-2-1-3-5(9)6(4)7(10,11)12/h1-3H/q-1. The van der Waals surface area contributed by atoms with E-state index in [1.165, 1.54) is 0 Å². The van der Waals surface area contributed by atoms with Crippen molar-refractivity contribution < 1.29 is 21.7 Å². The Hall–Kier alpha value is -1.07. The molecule has 0 nitrogen and oxygen atoms in total. The molecule has 0 spiro atoms. The third-order valence-electron chi connectivity index (χ3n) is 1.33. The number of benzene rings is 1. The van der Waals surface area contributed by atoms with Crippen molar-refractivity contribution in [3.05, 3.63) is 29.8 Å². The van der Waals surface area contributed by atoms with Crippen LogP contribution in [-0.4, -0.2) is 6.98 Å². The largest absolute Gasteiger partial charge is 0.515 e. The summed E-state index contributed by atoms with van der Waals surface area (Å²) in [6.45, 7) is -5.60. The molecule has 0 saturated carbocycles. The molecule has 0 fully saturated rings. The molecule has 12 heavy (non-hydrogen) atoms. The van der Waals surface area contributed by atoms with Crippen molar-refractivity contribution >= 4 is 12.4 Å². The molecule has 0 saturated heterocycles. The van der Waals surface area contributed by atoms with Gasteiger partial charge in [-0.3, -0.25) is 0 Å². The van der Waals surface area contributed by atoms with E-state index in [4.69, 9.17) is 0 Å². The lowest BCUT2D eigenvalue weighted by Gasteiger charge is -2.15. The van der Waals surface area contributed by atoms with Crippen LogP contribution in [-0.2, 0) is 0 Å². The van der Waals surface area contributed by atoms with Crippen molar-refractivity contribution in [1.29, 1.82) is 0 Å². The Morgan fingerprint density at radius 3 is 1.58 bits per heavy atom. The predicted molar refractivity (Wildman–Crippen MR) is 35.1 cm³/mol. The molecule has 1 rings (SSSR count). The van der Waals surface area contributed by atoms with Crippen molar-refractivity contribution in [2.45, 2.75) is 0 Å². The van der Waals surface area contributed by atoms with Gasteiger partial charge in [0.15, 0.2) is 0 Å². The van der Waals surface area contributed by atoms with Gasteiger partial charge in [0, 0.05) is 0 Å². The van der Waals surface area contributed by atoms with E-state index in [0.29, 0.717) is 12.1 Å². The van der Waals surface area contributed by atoms with Gasteiger partial charge in [-0.2, -0.15) is 0 Å². The molecule has 0 heterocycles. The fraction of sp³-hybridized carbons (Fsp3) is 0. The summed E-state index contributed by atoms with van der Waals surface area (Å²) in [5, 5.41) is 0. The molecule has 1 aromatic carbocycles. The average Bonchev–Trinajstić information content (AvgIpc) is 1.82. The van der Waals surface area contributed by atoms with Crippen LogP contribution in [0.2, 0.25) is 0 Å². The molecule has 0 aliphatic heterocycles. The van der Waals surface area contributed by atoms with Gasteiger partial charge < -0.3 is 12.9 Å². The van der Waals surface area contributed by atoms with Gasteiger partial charge in [0.05, 0.1) is 11.6 Å². The number of halogens is 5. The molecule has 1 aromatic rings. The monoisotopic (exact) mass is 181 g/mol. The zero-order valence-corrected chi connectivity index (χ0v) is 5.70. The Bertz CT molecular complexity index is 272. The van der Waals surface area contributed by atoms with E-state index in [9.17, 15) is 21.7 Å². The second kappa shape index (κ2) is 2.77. The summed E-state index contributed by atoms with van der Waals surface area (Å²) in [6.07, 6.45) is 0. The minimum absolute atomic E-state index is 0.577. The summed E-state index contributed by atoms with van der Waals surface area (Å²) in [5.41, 5.74) is -1.78. The van der Waals surface area contributed by atoms with Gasteiger partial charge in [0.2, 0.25) is 0 Å². The molecule has 0 bridgehead atoms. The highest BCUT2D eigenvalue weighted by molar-refractivity contribution is 6.73. The number of hydrogen-bond donors (Lipinski definition) is 0. The fourth-order valence-corrected chi connectivity index (χ4v) is 0.823. The molecule has 0 aromatic heterocycles. The molecule has 0 aliphatic rings. The molecular weight excluding hydrogens is 178 g/mol. The van der Waals surface area contributed by atoms with Crippen molar-refractivity contribution in [1.82, 2.24) is 0 Å². The molecule has 0 unspecified atom stereocenters. The van der Waals surface area contributed by atoms with E-state index in [1.807, 2.05) is 0 Å². The Labute approximate surface area is 65.1 Å². The van der Waals surface area contributed by atoms with Gasteiger partial charge in [0.1, 0.15) is 0 Å². The van der Waals surface area contributed by atoms with Crippen LogP contribution < -0.4 is 5.46 Å². The van der Waals surface area contributed by atoms with Crippen LogP contribution in [0.1, 0.15) is 0 Å². The summed E-state index contributed by atoms with van der Waals surface area (Å²) in [5.74, 6) is -3.13. The molecule has 0 amide bonds. The predicted octanol–water partition coefficient (Wildman–Crippen LogP) is 2.02. The molecule has 0 radical (unpaired) electrons. The van der Waals surface area contributed by atoms with E-state index >= 15 is 0 Å². The lowest BCUT2D eigenvalue weighted by Crippen LogP contribution is -2.39. The summed E-state index contributed by atoms with van der Waals surface area (Å²) in [7, 11) is 0. The Balaban J connectivity index is 3.31. The third-order valence-corrected chi connectivity index (χ3v) is 1.33. The molecule has 0 N–H and O–H groups in total. The average molecular weight is 181 g/mol. The van der Waals surface area contributed by atoms with Gasteiger partial charge >= 0.3 is 6.98 Å². The Morgan fingerprint density at radius 1 is 0.917 bits per heavy atom. The smallest absolute Gasteiger partial charge is 0.445 e. The van der Waals surface area contributed by atoms with Gasteiger partial charge in [-0.25, -0.2) is 8.78 Å². The van der Waals surface area contributed by atoms with Crippen LogP contribution >= 0.6 is 0 Å². The van der Waals surface area contributed by atoms with Crippen molar-refractivity contribution in [3.8, 4) is 0 Å². The Kier molecular flexibility index (Phi) is 2.08. The maximum atomic E-state index is 12.4. The fourth-order valence-electron chi connectivity index (χ4n) is 0.823. The summed E-state index contributed by atoms with van der Waals surface area (Å²) < 4.78 is 60.5. The molecule has 0 aliphatic carbocycles. The van der Waals surface area contributed by atoms with E-state index in [2.05, 4.69) is 0 Å². The first-order chi connectivity index (χ1) is 5.43. The van der Waals surface area contributed by atoms with Gasteiger partial charge in [-0.1, -0.05) is 6.07 Å². The first kappa shape index (κ1) is 9.03. The highest BCUT2D eigenvalue weighted by Gasteiger charge is 2.31. The van der Waals surface area contributed by atoms with E-state index in [0.717, 1.165) is 6.07 Å². The summed E-state index contributed by atoms with van der Waals surface area (Å²) in [4.78, 5) is 0. The van der Waals surface area contributed by atoms with Crippen LogP contribution in [0, 0.1) is 11.6 Å². The lowest BCUT2D eigenvalue weighted by atomic mass is 9.79. The first-order valence-electron chi connectivity index (χ1n) is 3.07. The molecule has 6 heteroatoms. The zero-order chi connectivity index (χ0) is 9.35. The van der Waals surface area contributed by atoms with Gasteiger partial charge in [0.25, 0.3) is 0 Å². The van der Waals surface area contributed by atoms with E-state index in [-0.39, 0.29) is 0 Å². The Morgan fingerprint density at radius 2 is 1.33 bits per heavy atom. The van der Waals surface area contributed by atoms with Gasteiger partial charge in [-0.05, 0) is 17.6 Å². The maximum absolute atomic E-state index is 12.4. The minimum Gasteiger partial charge on any atom is -0.445 e. The second-order valence-corrected chi connectivity index (χ2v) is 2.21. The van der Waals surface area contributed by atoms with Crippen molar-refractivity contribution in [2.75, 3.05) is 0 Å². The first-order valence-corrected chi connectivity index (χ1v) is 3.07. The van der Waals surface area contributed by atoms with Crippen LogP contribution in [0.5, 0.6) is 0 Å². The highest BCUT2D eigenvalue weighted by atomic mass is 19.4. The SMILES string of the molecule is Fc1cccc(F)c1[B-](F)(F)F. The van der Waals surface area contributed by atoms with Crippen LogP contribution in [0.25, 0.3) is 0 Å². The second-order valence-electron chi connectivity index (χ2n) is 2.21. The maximum Gasteiger partial charge on any atom is 0.515 e. The van der Waals surface area contributed by atoms with E-state index < -0.39 is 24.1 Å². The van der Waals surface area contributed by atoms with Crippen molar-refractivity contribution in [2.24, 2.45) is 0 Å². The zero-order valence-electron chi connectivity index (χ0n) is 5.70. The third kappa shape index (κ3) is 1.57. The van der Waals surface area contributed by atoms with Gasteiger partial charge in [-0.15, -0.1) is 0 Å². The highest BCUT2D eigenvalue weighted by Crippen LogP contribution is 2.13. The molecule has 66 valence electrons. The number of rotatable bonds is 1. The van der Waals surface area contributed by atoms with E-state index in [1.54, 1.807) is 0 Å². The molecular formula is C6H3BF5-. The lowest BCUT2D eigenvalue weighted by molar-refractivity contribution is 0.485. The summed E-state index contributed by atoms with van der Waals surface area (Å²) >= 11 is 0.